The van der Waals surface area contributed by atoms with Gasteiger partial charge < -0.3 is 0 Å². The molecule has 0 aliphatic heterocycles. The summed E-state index contributed by atoms with van der Waals surface area (Å²) in [6, 6.07) is 8.25. The maximum absolute atomic E-state index is 13.9. The lowest BCUT2D eigenvalue weighted by Gasteiger charge is -2.07. The highest BCUT2D eigenvalue weighted by Gasteiger charge is 2.15. The van der Waals surface area contributed by atoms with Gasteiger partial charge >= 0.3 is 0 Å². The zero-order valence-electron chi connectivity index (χ0n) is 9.95. The lowest BCUT2D eigenvalue weighted by atomic mass is 10.0. The number of rotatable bonds is 1. The standard InChI is InChI=1S/C14H7F3N2S/c15-10-6-12(17)11(16)5-9(10)13-7-3-1-2-4-8(7)14(20)19-18-13/h1-6H,(H,19,20). The Kier molecular flexibility index (Phi) is 3.02. The highest BCUT2D eigenvalue weighted by atomic mass is 32.1. The Labute approximate surface area is 116 Å². The highest BCUT2D eigenvalue weighted by Crippen LogP contribution is 2.29. The third-order valence-corrected chi connectivity index (χ3v) is 3.27. The van der Waals surface area contributed by atoms with Gasteiger partial charge in [-0.2, -0.15) is 5.10 Å². The van der Waals surface area contributed by atoms with Gasteiger partial charge in [0.05, 0.1) is 0 Å². The largest absolute Gasteiger partial charge is 0.267 e. The topological polar surface area (TPSA) is 28.7 Å². The number of aromatic amines is 1. The van der Waals surface area contributed by atoms with Gasteiger partial charge in [0, 0.05) is 22.4 Å². The summed E-state index contributed by atoms with van der Waals surface area (Å²) in [5, 5.41) is 7.77. The number of aromatic nitrogens is 2. The lowest BCUT2D eigenvalue weighted by molar-refractivity contribution is 0.496. The molecule has 0 aliphatic rings. The minimum atomic E-state index is -1.24. The Hall–Kier alpha value is -2.21. The molecule has 1 heterocycles. The van der Waals surface area contributed by atoms with Crippen molar-refractivity contribution in [1.82, 2.24) is 10.2 Å². The number of benzene rings is 2. The van der Waals surface area contributed by atoms with Crippen molar-refractivity contribution in [2.45, 2.75) is 0 Å². The van der Waals surface area contributed by atoms with Crippen LogP contribution in [0.1, 0.15) is 0 Å². The first-order chi connectivity index (χ1) is 9.58. The summed E-state index contributed by atoms with van der Waals surface area (Å²) in [7, 11) is 0. The zero-order valence-corrected chi connectivity index (χ0v) is 10.8. The van der Waals surface area contributed by atoms with Gasteiger partial charge in [0.1, 0.15) is 16.2 Å². The van der Waals surface area contributed by atoms with Gasteiger partial charge in [-0.15, -0.1) is 0 Å². The summed E-state index contributed by atoms with van der Waals surface area (Å²) in [5.74, 6) is -3.25. The predicted octanol–water partition coefficient (Wildman–Crippen LogP) is 4.38. The minimum Gasteiger partial charge on any atom is -0.267 e. The van der Waals surface area contributed by atoms with Crippen LogP contribution in [0, 0.1) is 22.1 Å². The van der Waals surface area contributed by atoms with Crippen molar-refractivity contribution in [3.63, 3.8) is 0 Å². The molecule has 0 aliphatic carbocycles. The average Bonchev–Trinajstić information content (AvgIpc) is 2.44. The van der Waals surface area contributed by atoms with Gasteiger partial charge in [-0.3, -0.25) is 5.10 Å². The molecule has 0 atom stereocenters. The molecule has 0 saturated carbocycles. The summed E-state index contributed by atoms with van der Waals surface area (Å²) in [6.45, 7) is 0. The first-order valence-electron chi connectivity index (χ1n) is 5.70. The monoisotopic (exact) mass is 292 g/mol. The number of hydrogen-bond acceptors (Lipinski definition) is 2. The van der Waals surface area contributed by atoms with Crippen molar-refractivity contribution in [2.75, 3.05) is 0 Å². The van der Waals surface area contributed by atoms with Crippen LogP contribution in [0.2, 0.25) is 0 Å². The Balaban J connectivity index is 2.39. The fraction of sp³-hybridized carbons (Fsp3) is 0. The van der Waals surface area contributed by atoms with Gasteiger partial charge in [-0.25, -0.2) is 13.2 Å². The molecule has 20 heavy (non-hydrogen) atoms. The second kappa shape index (κ2) is 4.72. The van der Waals surface area contributed by atoms with Crippen molar-refractivity contribution in [2.24, 2.45) is 0 Å². The Bertz CT molecular complexity index is 874. The molecule has 0 spiro atoms. The van der Waals surface area contributed by atoms with Crippen LogP contribution < -0.4 is 0 Å². The van der Waals surface area contributed by atoms with Crippen LogP contribution in [0.25, 0.3) is 22.0 Å². The maximum Gasteiger partial charge on any atom is 0.161 e. The third-order valence-electron chi connectivity index (χ3n) is 2.96. The van der Waals surface area contributed by atoms with E-state index in [1.165, 1.54) is 0 Å². The SMILES string of the molecule is Fc1cc(F)c(-c2n[nH]c(=S)c3ccccc23)cc1F. The minimum absolute atomic E-state index is 0.119. The number of H-pyrrole nitrogens is 1. The molecule has 2 aromatic carbocycles. The lowest BCUT2D eigenvalue weighted by Crippen LogP contribution is -1.96. The number of fused-ring (bicyclic) bond motifs is 1. The van der Waals surface area contributed by atoms with Crippen LogP contribution in [0.3, 0.4) is 0 Å². The summed E-state index contributed by atoms with van der Waals surface area (Å²) >= 11 is 5.10. The second-order valence-corrected chi connectivity index (χ2v) is 4.60. The van der Waals surface area contributed by atoms with E-state index in [1.807, 2.05) is 0 Å². The smallest absolute Gasteiger partial charge is 0.161 e. The van der Waals surface area contributed by atoms with E-state index in [-0.39, 0.29) is 11.3 Å². The molecule has 3 rings (SSSR count). The van der Waals surface area contributed by atoms with Crippen LogP contribution in [0.15, 0.2) is 36.4 Å². The molecule has 0 radical (unpaired) electrons. The molecule has 0 fully saturated rings. The van der Waals surface area contributed by atoms with Crippen molar-refractivity contribution in [3.8, 4) is 11.3 Å². The molecule has 2 nitrogen and oxygen atoms in total. The van der Waals surface area contributed by atoms with Gasteiger partial charge in [-0.1, -0.05) is 36.5 Å². The average molecular weight is 292 g/mol. The fourth-order valence-corrected chi connectivity index (χ4v) is 2.25. The molecule has 0 bridgehead atoms. The molecule has 1 aromatic heterocycles. The number of hydrogen-bond donors (Lipinski definition) is 1. The number of nitrogens with zero attached hydrogens (tertiary/aromatic N) is 1. The van der Waals surface area contributed by atoms with E-state index in [9.17, 15) is 13.2 Å². The molecular formula is C14H7F3N2S. The number of halogens is 3. The molecule has 1 N–H and O–H groups in total. The first kappa shape index (κ1) is 12.8. The van der Waals surface area contributed by atoms with Gasteiger partial charge in [0.25, 0.3) is 0 Å². The van der Waals surface area contributed by atoms with Crippen LogP contribution in [-0.2, 0) is 0 Å². The van der Waals surface area contributed by atoms with Crippen LogP contribution in [-0.4, -0.2) is 10.2 Å². The van der Waals surface area contributed by atoms with E-state index < -0.39 is 17.5 Å². The summed E-state index contributed by atoms with van der Waals surface area (Å²) < 4.78 is 40.6. The van der Waals surface area contributed by atoms with Crippen LogP contribution in [0.4, 0.5) is 13.2 Å². The molecule has 0 saturated heterocycles. The van der Waals surface area contributed by atoms with Crippen molar-refractivity contribution in [3.05, 3.63) is 58.5 Å². The molecule has 0 amide bonds. The van der Waals surface area contributed by atoms with Crippen molar-refractivity contribution < 1.29 is 13.2 Å². The van der Waals surface area contributed by atoms with E-state index in [2.05, 4.69) is 10.2 Å². The van der Waals surface area contributed by atoms with Gasteiger partial charge in [-0.05, 0) is 6.07 Å². The summed E-state index contributed by atoms with van der Waals surface area (Å²) in [5.41, 5.74) is 0.0666. The Morgan fingerprint density at radius 2 is 1.55 bits per heavy atom. The van der Waals surface area contributed by atoms with Crippen molar-refractivity contribution in [1.29, 1.82) is 0 Å². The highest BCUT2D eigenvalue weighted by molar-refractivity contribution is 7.71. The van der Waals surface area contributed by atoms with Gasteiger partial charge in [0.2, 0.25) is 0 Å². The predicted molar refractivity (Wildman–Crippen MR) is 72.2 cm³/mol. The molecule has 0 unspecified atom stereocenters. The van der Waals surface area contributed by atoms with E-state index >= 15 is 0 Å². The summed E-state index contributed by atoms with van der Waals surface area (Å²) in [4.78, 5) is 0. The fourth-order valence-electron chi connectivity index (χ4n) is 2.02. The zero-order chi connectivity index (χ0) is 14.3. The second-order valence-electron chi connectivity index (χ2n) is 4.19. The first-order valence-corrected chi connectivity index (χ1v) is 6.11. The molecule has 100 valence electrons. The van der Waals surface area contributed by atoms with Crippen LogP contribution in [0.5, 0.6) is 0 Å². The Morgan fingerprint density at radius 3 is 2.30 bits per heavy atom. The summed E-state index contributed by atoms with van der Waals surface area (Å²) in [6.07, 6.45) is 0. The normalized spacial score (nSPS) is 10.9. The quantitative estimate of drug-likeness (QED) is 0.532. The van der Waals surface area contributed by atoms with Gasteiger partial charge in [0.15, 0.2) is 11.6 Å². The van der Waals surface area contributed by atoms with E-state index in [4.69, 9.17) is 12.2 Å². The third kappa shape index (κ3) is 1.98. The van der Waals surface area contributed by atoms with E-state index in [0.29, 0.717) is 21.5 Å². The number of nitrogens with one attached hydrogen (secondary N) is 1. The van der Waals surface area contributed by atoms with Crippen LogP contribution >= 0.6 is 12.2 Å². The van der Waals surface area contributed by atoms with E-state index in [0.717, 1.165) is 6.07 Å². The van der Waals surface area contributed by atoms with Crippen molar-refractivity contribution >= 4 is 23.0 Å². The molecule has 3 aromatic rings. The van der Waals surface area contributed by atoms with E-state index in [1.54, 1.807) is 24.3 Å². The Morgan fingerprint density at radius 1 is 0.900 bits per heavy atom. The maximum atomic E-state index is 13.9. The molecule has 6 heteroatoms. The molecular weight excluding hydrogens is 285 g/mol.